The van der Waals surface area contributed by atoms with Crippen molar-refractivity contribution in [2.24, 2.45) is 5.92 Å². The number of benzene rings is 1. The van der Waals surface area contributed by atoms with Crippen molar-refractivity contribution in [2.45, 2.75) is 39.4 Å². The lowest BCUT2D eigenvalue weighted by Gasteiger charge is -2.12. The van der Waals surface area contributed by atoms with Crippen LogP contribution < -0.4 is 5.32 Å². The number of hydrogen-bond acceptors (Lipinski definition) is 3. The third-order valence-electron chi connectivity index (χ3n) is 3.45. The molecule has 1 aromatic heterocycles. The topological polar surface area (TPSA) is 46.9 Å². The van der Waals surface area contributed by atoms with Crippen LogP contribution in [0.25, 0.3) is 0 Å². The Balaban J connectivity index is 2.02. The molecule has 23 heavy (non-hydrogen) atoms. The van der Waals surface area contributed by atoms with Crippen molar-refractivity contribution < 1.29 is 4.79 Å². The van der Waals surface area contributed by atoms with Gasteiger partial charge < -0.3 is 9.88 Å². The van der Waals surface area contributed by atoms with Gasteiger partial charge in [0, 0.05) is 12.2 Å². The molecule has 0 atom stereocenters. The van der Waals surface area contributed by atoms with Crippen molar-refractivity contribution in [3.8, 4) is 0 Å². The molecule has 0 spiro atoms. The van der Waals surface area contributed by atoms with Gasteiger partial charge in [-0.3, -0.25) is 4.79 Å². The molecular formula is C17H22ClN3OS. The molecule has 4 nitrogen and oxygen atoms in total. The third kappa shape index (κ3) is 4.75. The molecule has 0 saturated carbocycles. The van der Waals surface area contributed by atoms with Gasteiger partial charge in [0.05, 0.1) is 22.2 Å². The van der Waals surface area contributed by atoms with E-state index in [9.17, 15) is 4.79 Å². The zero-order valence-electron chi connectivity index (χ0n) is 13.9. The van der Waals surface area contributed by atoms with E-state index in [0.29, 0.717) is 22.4 Å². The van der Waals surface area contributed by atoms with E-state index in [1.165, 1.54) is 11.8 Å². The quantitative estimate of drug-likeness (QED) is 0.777. The summed E-state index contributed by atoms with van der Waals surface area (Å²) < 4.78 is 2.19. The normalized spacial score (nSPS) is 11.0. The van der Waals surface area contributed by atoms with E-state index in [1.54, 1.807) is 12.1 Å². The summed E-state index contributed by atoms with van der Waals surface area (Å²) in [6, 6.07) is 7.23. The minimum absolute atomic E-state index is 0.0856. The summed E-state index contributed by atoms with van der Waals surface area (Å²) in [7, 11) is 0. The summed E-state index contributed by atoms with van der Waals surface area (Å²) in [6.45, 7) is 9.32. The number of rotatable bonds is 6. The average Bonchev–Trinajstić information content (AvgIpc) is 2.75. The fraction of sp³-hybridized carbons (Fsp3) is 0.412. The molecule has 0 aliphatic rings. The average molecular weight is 352 g/mol. The highest BCUT2D eigenvalue weighted by Crippen LogP contribution is 2.24. The fourth-order valence-corrected chi connectivity index (χ4v) is 3.28. The molecule has 6 heteroatoms. The van der Waals surface area contributed by atoms with Crippen LogP contribution in [0.5, 0.6) is 0 Å². The van der Waals surface area contributed by atoms with Crippen LogP contribution in [0.1, 0.15) is 25.2 Å². The number of carbonyl (C=O) groups is 1. The number of imidazole rings is 1. The predicted molar refractivity (Wildman–Crippen MR) is 97.3 cm³/mol. The van der Waals surface area contributed by atoms with Gasteiger partial charge in [0.25, 0.3) is 0 Å². The molecule has 1 aromatic carbocycles. The Morgan fingerprint density at radius 2 is 2.04 bits per heavy atom. The molecule has 2 rings (SSSR count). The number of halogens is 1. The first kappa shape index (κ1) is 17.9. The lowest BCUT2D eigenvalue weighted by molar-refractivity contribution is -0.113. The summed E-state index contributed by atoms with van der Waals surface area (Å²) in [5.74, 6) is 0.746. The standard InChI is InChI=1S/C17H22ClN3OS/c1-11(2)9-21-13(4)12(3)19-17(21)23-10-16(22)20-15-8-6-5-7-14(15)18/h5-8,11H,9-10H2,1-4H3,(H,20,22). The predicted octanol–water partition coefficient (Wildman–Crippen LogP) is 4.54. The number of hydrogen-bond donors (Lipinski definition) is 1. The minimum Gasteiger partial charge on any atom is -0.324 e. The van der Waals surface area contributed by atoms with Crippen molar-refractivity contribution in [2.75, 3.05) is 11.1 Å². The lowest BCUT2D eigenvalue weighted by atomic mass is 10.2. The van der Waals surface area contributed by atoms with Gasteiger partial charge in [-0.05, 0) is 31.9 Å². The van der Waals surface area contributed by atoms with E-state index >= 15 is 0 Å². The maximum absolute atomic E-state index is 12.1. The Hall–Kier alpha value is -1.46. The van der Waals surface area contributed by atoms with E-state index in [2.05, 4.69) is 35.6 Å². The number of nitrogens with one attached hydrogen (secondary N) is 1. The number of aromatic nitrogens is 2. The Bertz CT molecular complexity index is 697. The van der Waals surface area contributed by atoms with E-state index in [-0.39, 0.29) is 5.91 Å². The first-order chi connectivity index (χ1) is 10.9. The molecule has 1 amide bonds. The summed E-state index contributed by atoms with van der Waals surface area (Å²) in [5, 5.41) is 4.27. The van der Waals surface area contributed by atoms with Gasteiger partial charge in [-0.2, -0.15) is 0 Å². The zero-order valence-corrected chi connectivity index (χ0v) is 15.5. The number of thioether (sulfide) groups is 1. The van der Waals surface area contributed by atoms with Crippen molar-refractivity contribution in [1.29, 1.82) is 0 Å². The van der Waals surface area contributed by atoms with E-state index in [1.807, 2.05) is 19.1 Å². The monoisotopic (exact) mass is 351 g/mol. The van der Waals surface area contributed by atoms with E-state index in [0.717, 1.165) is 23.1 Å². The maximum Gasteiger partial charge on any atom is 0.234 e. The molecule has 0 fully saturated rings. The van der Waals surface area contributed by atoms with Crippen molar-refractivity contribution >= 4 is 35.0 Å². The molecule has 0 aliphatic carbocycles. The van der Waals surface area contributed by atoms with E-state index in [4.69, 9.17) is 11.6 Å². The van der Waals surface area contributed by atoms with Crippen LogP contribution >= 0.6 is 23.4 Å². The number of aryl methyl sites for hydroxylation is 1. The molecule has 0 aliphatic heterocycles. The van der Waals surface area contributed by atoms with Crippen molar-refractivity contribution in [3.05, 3.63) is 40.7 Å². The fourth-order valence-electron chi connectivity index (χ4n) is 2.19. The highest BCUT2D eigenvalue weighted by Gasteiger charge is 2.14. The third-order valence-corrected chi connectivity index (χ3v) is 4.76. The molecule has 0 bridgehead atoms. The summed E-state index contributed by atoms with van der Waals surface area (Å²) in [4.78, 5) is 16.7. The molecule has 1 N–H and O–H groups in total. The van der Waals surface area contributed by atoms with Crippen molar-refractivity contribution in [3.63, 3.8) is 0 Å². The van der Waals surface area contributed by atoms with Crippen LogP contribution in [0.4, 0.5) is 5.69 Å². The number of nitrogens with zero attached hydrogens (tertiary/aromatic N) is 2. The Morgan fingerprint density at radius 1 is 1.35 bits per heavy atom. The Kier molecular flexibility index (Phi) is 6.13. The van der Waals surface area contributed by atoms with Crippen LogP contribution in [-0.2, 0) is 11.3 Å². The van der Waals surface area contributed by atoms with Gasteiger partial charge in [0.1, 0.15) is 0 Å². The molecule has 0 unspecified atom stereocenters. The smallest absolute Gasteiger partial charge is 0.234 e. The summed E-state index contributed by atoms with van der Waals surface area (Å²) in [6.07, 6.45) is 0. The lowest BCUT2D eigenvalue weighted by Crippen LogP contribution is -2.15. The zero-order chi connectivity index (χ0) is 17.0. The molecule has 124 valence electrons. The van der Waals surface area contributed by atoms with Gasteiger partial charge in [0.2, 0.25) is 5.91 Å². The number of para-hydroxylation sites is 1. The van der Waals surface area contributed by atoms with Crippen LogP contribution in [0, 0.1) is 19.8 Å². The van der Waals surface area contributed by atoms with E-state index < -0.39 is 0 Å². The van der Waals surface area contributed by atoms with Crippen molar-refractivity contribution in [1.82, 2.24) is 9.55 Å². The largest absolute Gasteiger partial charge is 0.324 e. The number of amides is 1. The first-order valence-corrected chi connectivity index (χ1v) is 8.95. The van der Waals surface area contributed by atoms with Gasteiger partial charge in [-0.1, -0.05) is 49.3 Å². The number of carbonyl (C=O) groups excluding carboxylic acids is 1. The van der Waals surface area contributed by atoms with Gasteiger partial charge >= 0.3 is 0 Å². The molecule has 0 saturated heterocycles. The minimum atomic E-state index is -0.0856. The highest BCUT2D eigenvalue weighted by molar-refractivity contribution is 7.99. The van der Waals surface area contributed by atoms with Gasteiger partial charge in [-0.25, -0.2) is 4.98 Å². The second kappa shape index (κ2) is 7.88. The van der Waals surface area contributed by atoms with Crippen LogP contribution in [0.3, 0.4) is 0 Å². The Labute approximate surface area is 146 Å². The van der Waals surface area contributed by atoms with Crippen LogP contribution in [0.15, 0.2) is 29.4 Å². The second-order valence-corrected chi connectivity index (χ2v) is 7.24. The second-order valence-electron chi connectivity index (χ2n) is 5.89. The Morgan fingerprint density at radius 3 is 2.70 bits per heavy atom. The highest BCUT2D eigenvalue weighted by atomic mass is 35.5. The molecule has 1 heterocycles. The number of anilines is 1. The van der Waals surface area contributed by atoms with Gasteiger partial charge in [-0.15, -0.1) is 0 Å². The molecule has 2 aromatic rings. The van der Waals surface area contributed by atoms with Crippen LogP contribution in [-0.4, -0.2) is 21.2 Å². The molecular weight excluding hydrogens is 330 g/mol. The SMILES string of the molecule is Cc1nc(SCC(=O)Nc2ccccc2Cl)n(CC(C)C)c1C. The maximum atomic E-state index is 12.1. The first-order valence-electron chi connectivity index (χ1n) is 7.59. The summed E-state index contributed by atoms with van der Waals surface area (Å²) >= 11 is 7.51. The molecule has 0 radical (unpaired) electrons. The van der Waals surface area contributed by atoms with Gasteiger partial charge in [0.15, 0.2) is 5.16 Å². The summed E-state index contributed by atoms with van der Waals surface area (Å²) in [5.41, 5.74) is 2.81. The van der Waals surface area contributed by atoms with Crippen LogP contribution in [0.2, 0.25) is 5.02 Å².